The molecule has 1 aromatic carbocycles. The molecule has 0 aliphatic rings. The molecular formula is C21H25N3O2S2. The highest BCUT2D eigenvalue weighted by molar-refractivity contribution is 7.12. The molecule has 148 valence electrons. The Balaban J connectivity index is 1.42. The van der Waals surface area contributed by atoms with Crippen molar-refractivity contribution in [3.05, 3.63) is 68.3 Å². The number of hydrogen-bond acceptors (Lipinski definition) is 6. The lowest BCUT2D eigenvalue weighted by Crippen LogP contribution is -2.30. The Morgan fingerprint density at radius 3 is 2.54 bits per heavy atom. The van der Waals surface area contributed by atoms with E-state index in [2.05, 4.69) is 34.4 Å². The minimum absolute atomic E-state index is 0.0345. The third-order valence-electron chi connectivity index (χ3n) is 4.25. The van der Waals surface area contributed by atoms with Crippen molar-refractivity contribution in [1.82, 2.24) is 14.8 Å². The van der Waals surface area contributed by atoms with E-state index in [1.54, 1.807) is 23.3 Å². The highest BCUT2D eigenvalue weighted by Crippen LogP contribution is 2.16. The van der Waals surface area contributed by atoms with E-state index in [1.807, 2.05) is 36.6 Å². The van der Waals surface area contributed by atoms with E-state index in [0.29, 0.717) is 13.2 Å². The van der Waals surface area contributed by atoms with Gasteiger partial charge in [-0.15, -0.1) is 22.7 Å². The maximum atomic E-state index is 12.2. The summed E-state index contributed by atoms with van der Waals surface area (Å²) in [6, 6.07) is 11.9. The first-order chi connectivity index (χ1) is 13.5. The highest BCUT2D eigenvalue weighted by Gasteiger charge is 2.12. The third kappa shape index (κ3) is 5.89. The summed E-state index contributed by atoms with van der Waals surface area (Å²) in [4.78, 5) is 21.4. The van der Waals surface area contributed by atoms with Crippen molar-refractivity contribution in [3.8, 4) is 5.75 Å². The molecule has 2 aromatic heterocycles. The van der Waals surface area contributed by atoms with Gasteiger partial charge in [0.15, 0.2) is 0 Å². The van der Waals surface area contributed by atoms with E-state index < -0.39 is 0 Å². The lowest BCUT2D eigenvalue weighted by atomic mass is 10.2. The fraction of sp³-hybridized carbons (Fsp3) is 0.333. The number of aryl methyl sites for hydroxylation is 1. The highest BCUT2D eigenvalue weighted by atomic mass is 32.1. The van der Waals surface area contributed by atoms with E-state index in [9.17, 15) is 4.79 Å². The molecule has 0 fully saturated rings. The number of carbonyl (C=O) groups is 1. The van der Waals surface area contributed by atoms with Crippen LogP contribution in [0.15, 0.2) is 47.2 Å². The molecule has 1 amide bonds. The van der Waals surface area contributed by atoms with Crippen molar-refractivity contribution in [2.75, 3.05) is 27.2 Å². The molecule has 7 heteroatoms. The van der Waals surface area contributed by atoms with E-state index in [1.165, 1.54) is 16.9 Å². The van der Waals surface area contributed by atoms with Gasteiger partial charge in [-0.2, -0.15) is 0 Å². The lowest BCUT2D eigenvalue weighted by Gasteiger charge is -2.17. The van der Waals surface area contributed by atoms with Crippen molar-refractivity contribution in [2.45, 2.75) is 20.0 Å². The maximum absolute atomic E-state index is 12.2. The predicted molar refractivity (Wildman–Crippen MR) is 115 cm³/mol. The Kier molecular flexibility index (Phi) is 7.19. The second-order valence-electron chi connectivity index (χ2n) is 6.73. The lowest BCUT2D eigenvalue weighted by molar-refractivity contribution is 0.0778. The smallest absolute Gasteiger partial charge is 0.263 e. The first-order valence-corrected chi connectivity index (χ1v) is 10.9. The van der Waals surface area contributed by atoms with Crippen molar-refractivity contribution >= 4 is 28.6 Å². The first-order valence-electron chi connectivity index (χ1n) is 9.11. The summed E-state index contributed by atoms with van der Waals surface area (Å²) in [7, 11) is 3.90. The van der Waals surface area contributed by atoms with Crippen LogP contribution < -0.4 is 4.74 Å². The van der Waals surface area contributed by atoms with Crippen LogP contribution in [0.2, 0.25) is 0 Å². The molecule has 0 saturated carbocycles. The fourth-order valence-electron chi connectivity index (χ4n) is 2.81. The molecule has 0 radical (unpaired) electrons. The van der Waals surface area contributed by atoms with Crippen molar-refractivity contribution in [2.24, 2.45) is 0 Å². The molecule has 3 aromatic rings. The van der Waals surface area contributed by atoms with Gasteiger partial charge in [0.1, 0.15) is 12.4 Å². The quantitative estimate of drug-likeness (QED) is 0.523. The number of carbonyl (C=O) groups excluding carboxylic acids is 1. The van der Waals surface area contributed by atoms with Crippen LogP contribution in [0.3, 0.4) is 0 Å². The van der Waals surface area contributed by atoms with E-state index in [-0.39, 0.29) is 5.91 Å². The van der Waals surface area contributed by atoms with Gasteiger partial charge in [0.2, 0.25) is 0 Å². The zero-order chi connectivity index (χ0) is 19.9. The minimum atomic E-state index is 0.0345. The fourth-order valence-corrected chi connectivity index (χ4v) is 4.13. The van der Waals surface area contributed by atoms with Gasteiger partial charge >= 0.3 is 0 Å². The Labute approximate surface area is 174 Å². The Hall–Kier alpha value is -2.22. The van der Waals surface area contributed by atoms with E-state index in [0.717, 1.165) is 34.4 Å². The number of rotatable bonds is 9. The summed E-state index contributed by atoms with van der Waals surface area (Å²) in [5.41, 5.74) is 2.35. The van der Waals surface area contributed by atoms with Crippen LogP contribution in [0.5, 0.6) is 5.75 Å². The molecule has 2 heterocycles. The van der Waals surface area contributed by atoms with E-state index in [4.69, 9.17) is 4.74 Å². The molecule has 0 bridgehead atoms. The summed E-state index contributed by atoms with van der Waals surface area (Å²) >= 11 is 3.14. The van der Waals surface area contributed by atoms with Crippen LogP contribution in [0.25, 0.3) is 0 Å². The molecule has 0 saturated heterocycles. The van der Waals surface area contributed by atoms with Crippen molar-refractivity contribution in [1.29, 1.82) is 0 Å². The average Bonchev–Trinajstić information content (AvgIpc) is 3.34. The molecule has 0 N–H and O–H groups in total. The Morgan fingerprint density at radius 1 is 1.11 bits per heavy atom. The molecule has 3 rings (SSSR count). The number of thiophene rings is 1. The number of hydrogen-bond donors (Lipinski definition) is 0. The summed E-state index contributed by atoms with van der Waals surface area (Å²) < 4.78 is 5.79. The summed E-state index contributed by atoms with van der Waals surface area (Å²) in [5.74, 6) is 0.853. The molecule has 28 heavy (non-hydrogen) atoms. The third-order valence-corrected chi connectivity index (χ3v) is 5.93. The zero-order valence-electron chi connectivity index (χ0n) is 16.4. The summed E-state index contributed by atoms with van der Waals surface area (Å²) in [6.07, 6.45) is 0. The molecule has 0 atom stereocenters. The van der Waals surface area contributed by atoms with Gasteiger partial charge in [-0.05, 0) is 43.1 Å². The van der Waals surface area contributed by atoms with Crippen LogP contribution in [0.1, 0.15) is 25.9 Å². The molecule has 0 unspecified atom stereocenters. The van der Waals surface area contributed by atoms with Crippen LogP contribution in [0, 0.1) is 6.92 Å². The van der Waals surface area contributed by atoms with Crippen LogP contribution >= 0.6 is 22.7 Å². The van der Waals surface area contributed by atoms with E-state index >= 15 is 0 Å². The topological polar surface area (TPSA) is 45.7 Å². The monoisotopic (exact) mass is 415 g/mol. The predicted octanol–water partition coefficient (Wildman–Crippen LogP) is 4.30. The summed E-state index contributed by atoms with van der Waals surface area (Å²) in [5, 5.41) is 5.13. The molecular weight excluding hydrogens is 390 g/mol. The summed E-state index contributed by atoms with van der Waals surface area (Å²) in [6.45, 7) is 4.75. The SMILES string of the molecule is Cc1nc(CN(C)Cc2ccc(OCCN(C)C(=O)c3cccs3)cc2)cs1. The van der Waals surface area contributed by atoms with Crippen LogP contribution in [-0.4, -0.2) is 47.9 Å². The second-order valence-corrected chi connectivity index (χ2v) is 8.74. The number of amides is 1. The van der Waals surface area contributed by atoms with Crippen LogP contribution in [0.4, 0.5) is 0 Å². The van der Waals surface area contributed by atoms with Gasteiger partial charge in [-0.25, -0.2) is 4.98 Å². The minimum Gasteiger partial charge on any atom is -0.492 e. The standard InChI is InChI=1S/C21H25N3O2S2/c1-16-22-18(15-28-16)14-23(2)13-17-6-8-19(9-7-17)26-11-10-24(3)21(25)20-5-4-12-27-20/h4-9,12,15H,10-11,13-14H2,1-3H3. The number of benzene rings is 1. The number of ether oxygens (including phenoxy) is 1. The number of likely N-dealkylation sites (N-methyl/N-ethyl adjacent to an activating group) is 1. The molecule has 0 aliphatic carbocycles. The van der Waals surface area contributed by atoms with Crippen molar-refractivity contribution < 1.29 is 9.53 Å². The van der Waals surface area contributed by atoms with Crippen molar-refractivity contribution in [3.63, 3.8) is 0 Å². The number of aromatic nitrogens is 1. The van der Waals surface area contributed by atoms with Gasteiger partial charge in [-0.1, -0.05) is 18.2 Å². The molecule has 5 nitrogen and oxygen atoms in total. The van der Waals surface area contributed by atoms with Crippen LogP contribution in [-0.2, 0) is 13.1 Å². The van der Waals surface area contributed by atoms with Gasteiger partial charge in [0.25, 0.3) is 5.91 Å². The number of nitrogens with zero attached hydrogens (tertiary/aromatic N) is 3. The average molecular weight is 416 g/mol. The normalized spacial score (nSPS) is 11.0. The first kappa shape index (κ1) is 20.5. The maximum Gasteiger partial charge on any atom is 0.263 e. The largest absolute Gasteiger partial charge is 0.492 e. The Morgan fingerprint density at radius 2 is 1.89 bits per heavy atom. The molecule has 0 spiro atoms. The van der Waals surface area contributed by atoms with Gasteiger partial charge < -0.3 is 9.64 Å². The zero-order valence-corrected chi connectivity index (χ0v) is 18.1. The Bertz CT molecular complexity index is 875. The van der Waals surface area contributed by atoms with Gasteiger partial charge in [0, 0.05) is 25.5 Å². The van der Waals surface area contributed by atoms with Gasteiger partial charge in [0.05, 0.1) is 22.1 Å². The molecule has 0 aliphatic heterocycles. The van der Waals surface area contributed by atoms with Gasteiger partial charge in [-0.3, -0.25) is 9.69 Å². The number of thiazole rings is 1. The second kappa shape index (κ2) is 9.82.